The van der Waals surface area contributed by atoms with Crippen LogP contribution in [-0.4, -0.2) is 54.5 Å². The van der Waals surface area contributed by atoms with E-state index in [0.717, 1.165) is 0 Å². The molecule has 0 aromatic carbocycles. The Morgan fingerprint density at radius 3 is 1.35 bits per heavy atom. The number of hydrogen-bond donors (Lipinski definition) is 3. The van der Waals surface area contributed by atoms with Gasteiger partial charge in [-0.15, -0.1) is 0 Å². The minimum atomic E-state index is -3.22. The maximum absolute atomic E-state index is 11.3. The van der Waals surface area contributed by atoms with E-state index >= 15 is 0 Å². The van der Waals surface area contributed by atoms with Crippen molar-refractivity contribution in [3.63, 3.8) is 0 Å². The van der Waals surface area contributed by atoms with Gasteiger partial charge in [-0.3, -0.25) is 13.6 Å². The highest BCUT2D eigenvalue weighted by molar-refractivity contribution is 7.48. The minimum Gasteiger partial charge on any atom is -0.394 e. The molecule has 0 amide bonds. The molecule has 0 aliphatic heterocycles. The predicted molar refractivity (Wildman–Crippen MR) is 62.7 cm³/mol. The molecule has 0 aliphatic carbocycles. The molecule has 0 aromatic heterocycles. The summed E-state index contributed by atoms with van der Waals surface area (Å²) in [5.41, 5.74) is 0. The van der Waals surface area contributed by atoms with Crippen molar-refractivity contribution >= 4 is 7.82 Å². The lowest BCUT2D eigenvalue weighted by Gasteiger charge is -2.14. The van der Waals surface area contributed by atoms with Gasteiger partial charge >= 0.3 is 7.82 Å². The molecule has 0 heterocycles. The average Bonchev–Trinajstić information content (AvgIpc) is 2.29. The van der Waals surface area contributed by atoms with E-state index in [2.05, 4.69) is 0 Å². The largest absolute Gasteiger partial charge is 0.474 e. The first-order valence-electron chi connectivity index (χ1n) is 5.42. The fraction of sp³-hybridized carbons (Fsp3) is 1.00. The second kappa shape index (κ2) is 12.4. The lowest BCUT2D eigenvalue weighted by Crippen LogP contribution is -2.15. The maximum Gasteiger partial charge on any atom is 0.474 e. The zero-order valence-corrected chi connectivity index (χ0v) is 11.4. The van der Waals surface area contributed by atoms with Gasteiger partial charge in [0.2, 0.25) is 0 Å². The first-order chi connectivity index (χ1) is 7.99. The minimum absolute atomic E-state index is 0.331. The third-order valence-corrected chi connectivity index (χ3v) is 3.01. The molecule has 0 fully saturated rings. The summed E-state index contributed by atoms with van der Waals surface area (Å²) in [6, 6.07) is 0. The third kappa shape index (κ3) is 12.2. The molecule has 0 bridgehead atoms. The molecule has 8 heteroatoms. The summed E-state index contributed by atoms with van der Waals surface area (Å²) in [5.74, 6) is 0. The predicted octanol–water partition coefficient (Wildman–Crippen LogP) is 0.536. The van der Waals surface area contributed by atoms with Crippen molar-refractivity contribution in [1.82, 2.24) is 0 Å². The smallest absolute Gasteiger partial charge is 0.394 e. The van der Waals surface area contributed by atoms with Crippen LogP contribution in [0.25, 0.3) is 0 Å². The molecule has 0 radical (unpaired) electrons. The molecule has 7 nitrogen and oxygen atoms in total. The van der Waals surface area contributed by atoms with Crippen LogP contribution in [0, 0.1) is 0 Å². The lowest BCUT2D eigenvalue weighted by atomic mass is 10.4. The van der Waals surface area contributed by atoms with Crippen molar-refractivity contribution in [2.24, 2.45) is 0 Å². The van der Waals surface area contributed by atoms with Crippen LogP contribution in [0.3, 0.4) is 0 Å². The summed E-state index contributed by atoms with van der Waals surface area (Å²) in [6.07, 6.45) is -0.954. The van der Waals surface area contributed by atoms with Crippen LogP contribution in [0.4, 0.5) is 0 Å². The summed E-state index contributed by atoms with van der Waals surface area (Å²) in [4.78, 5) is 0. The van der Waals surface area contributed by atoms with Crippen molar-refractivity contribution in [3.8, 4) is 0 Å². The van der Waals surface area contributed by atoms with E-state index in [9.17, 15) is 4.57 Å². The Bertz CT molecular complexity index is 172. The van der Waals surface area contributed by atoms with Crippen molar-refractivity contribution in [2.45, 2.75) is 26.9 Å². The van der Waals surface area contributed by atoms with E-state index in [-0.39, 0.29) is 13.2 Å². The Labute approximate surface area is 102 Å². The van der Waals surface area contributed by atoms with Gasteiger partial charge < -0.3 is 15.3 Å². The van der Waals surface area contributed by atoms with Gasteiger partial charge in [0, 0.05) is 0 Å². The monoisotopic (exact) mass is 274 g/mol. The first-order valence-corrected chi connectivity index (χ1v) is 6.89. The van der Waals surface area contributed by atoms with Gasteiger partial charge in [0.15, 0.2) is 0 Å². The molecule has 0 rings (SSSR count). The quantitative estimate of drug-likeness (QED) is 0.554. The van der Waals surface area contributed by atoms with Gasteiger partial charge in [0.25, 0.3) is 0 Å². The Morgan fingerprint density at radius 2 is 1.24 bits per heavy atom. The van der Waals surface area contributed by atoms with E-state index in [1.54, 1.807) is 20.8 Å². The summed E-state index contributed by atoms with van der Waals surface area (Å²) in [5, 5.41) is 24.0. The molecule has 17 heavy (non-hydrogen) atoms. The number of aliphatic hydroxyl groups is 3. The number of hydrogen-bond acceptors (Lipinski definition) is 7. The van der Waals surface area contributed by atoms with Crippen LogP contribution >= 0.6 is 7.82 Å². The zero-order chi connectivity index (χ0) is 13.7. The molecule has 0 atom stereocenters. The summed E-state index contributed by atoms with van der Waals surface area (Å²) in [6.45, 7) is 5.49. The molecule has 0 unspecified atom stereocenters. The molecule has 0 saturated carbocycles. The Kier molecular flexibility index (Phi) is 14.2. The van der Waals surface area contributed by atoms with E-state index in [1.165, 1.54) is 0 Å². The van der Waals surface area contributed by atoms with Crippen LogP contribution in [-0.2, 0) is 18.1 Å². The zero-order valence-electron chi connectivity index (χ0n) is 10.5. The number of phosphoric acid groups is 1. The Balaban J connectivity index is 0. The van der Waals surface area contributed by atoms with Gasteiger partial charge in [-0.1, -0.05) is 0 Å². The van der Waals surface area contributed by atoms with Gasteiger partial charge in [0.1, 0.15) is 6.10 Å². The average molecular weight is 274 g/mol. The van der Waals surface area contributed by atoms with E-state index in [0.29, 0.717) is 19.8 Å². The van der Waals surface area contributed by atoms with E-state index in [4.69, 9.17) is 28.9 Å². The highest BCUT2D eigenvalue weighted by atomic mass is 31.2. The highest BCUT2D eigenvalue weighted by Crippen LogP contribution is 2.48. The fourth-order valence-corrected chi connectivity index (χ4v) is 1.82. The van der Waals surface area contributed by atoms with Crippen molar-refractivity contribution in [1.29, 1.82) is 0 Å². The van der Waals surface area contributed by atoms with Gasteiger partial charge in [0.05, 0.1) is 33.0 Å². The molecule has 0 aliphatic rings. The molecule has 0 spiro atoms. The summed E-state index contributed by atoms with van der Waals surface area (Å²) >= 11 is 0. The van der Waals surface area contributed by atoms with Crippen molar-refractivity contribution in [3.05, 3.63) is 0 Å². The number of rotatable bonds is 8. The lowest BCUT2D eigenvalue weighted by molar-refractivity contribution is 0.0450. The van der Waals surface area contributed by atoms with Crippen molar-refractivity contribution < 1.29 is 33.5 Å². The summed E-state index contributed by atoms with van der Waals surface area (Å²) < 4.78 is 25.8. The van der Waals surface area contributed by atoms with E-state index in [1.807, 2.05) is 0 Å². The summed E-state index contributed by atoms with van der Waals surface area (Å²) in [7, 11) is -3.22. The van der Waals surface area contributed by atoms with Crippen LogP contribution in [0.5, 0.6) is 0 Å². The number of aliphatic hydroxyl groups excluding tert-OH is 3. The highest BCUT2D eigenvalue weighted by Gasteiger charge is 2.23. The van der Waals surface area contributed by atoms with Crippen LogP contribution in [0.15, 0.2) is 0 Å². The van der Waals surface area contributed by atoms with Gasteiger partial charge in [-0.2, -0.15) is 0 Å². The number of phosphoric ester groups is 1. The van der Waals surface area contributed by atoms with E-state index < -0.39 is 13.9 Å². The second-order valence-electron chi connectivity index (χ2n) is 2.72. The second-order valence-corrected chi connectivity index (χ2v) is 4.39. The van der Waals surface area contributed by atoms with Crippen LogP contribution in [0.1, 0.15) is 20.8 Å². The first kappa shape index (κ1) is 19.3. The molecule has 3 N–H and O–H groups in total. The normalized spacial score (nSPS) is 11.2. The molecule has 0 aromatic rings. The fourth-order valence-electron chi connectivity index (χ4n) is 0.644. The van der Waals surface area contributed by atoms with Gasteiger partial charge in [-0.05, 0) is 20.8 Å². The third-order valence-electron chi connectivity index (χ3n) is 1.28. The standard InChI is InChI=1S/C6H15O4P.C3H8O3/c1-4-8-11(7,9-5-2)10-6-3;4-1-3(6)2-5/h4-6H2,1-3H3;3-6H,1-2H2. The van der Waals surface area contributed by atoms with Crippen LogP contribution in [0.2, 0.25) is 0 Å². The van der Waals surface area contributed by atoms with Crippen LogP contribution < -0.4 is 0 Å². The Hall–Kier alpha value is -0.0100. The topological polar surface area (TPSA) is 105 Å². The Morgan fingerprint density at radius 1 is 0.941 bits per heavy atom. The van der Waals surface area contributed by atoms with Crippen molar-refractivity contribution in [2.75, 3.05) is 33.0 Å². The molecular weight excluding hydrogens is 251 g/mol. The van der Waals surface area contributed by atoms with Gasteiger partial charge in [-0.25, -0.2) is 4.57 Å². The molecule has 0 saturated heterocycles. The molecule has 106 valence electrons. The maximum atomic E-state index is 11.3. The molecular formula is C9H23O7P. The SMILES string of the molecule is CCOP(=O)(OCC)OCC.OCC(O)CO.